The van der Waals surface area contributed by atoms with E-state index in [2.05, 4.69) is 21.4 Å². The predicted molar refractivity (Wildman–Crippen MR) is 123 cm³/mol. The van der Waals surface area contributed by atoms with Crippen LogP contribution < -0.4 is 10.9 Å². The van der Waals surface area contributed by atoms with Gasteiger partial charge < -0.3 is 10.3 Å². The minimum Gasteiger partial charge on any atom is -0.355 e. The Morgan fingerprint density at radius 1 is 1.14 bits per heavy atom. The number of carbonyl (C=O) groups is 1. The molecule has 0 aliphatic heterocycles. The molecule has 5 nitrogen and oxygen atoms in total. The third kappa shape index (κ3) is 4.95. The van der Waals surface area contributed by atoms with Crippen molar-refractivity contribution in [3.05, 3.63) is 74.3 Å². The Morgan fingerprint density at radius 3 is 2.79 bits per heavy atom. The van der Waals surface area contributed by atoms with Gasteiger partial charge in [-0.3, -0.25) is 9.59 Å². The fourth-order valence-electron chi connectivity index (χ4n) is 2.96. The zero-order chi connectivity index (χ0) is 20.1. The van der Waals surface area contributed by atoms with Crippen LogP contribution >= 0.6 is 34.4 Å². The first-order valence-electron chi connectivity index (χ1n) is 9.13. The average molecular weight is 442 g/mol. The lowest BCUT2D eigenvalue weighted by Gasteiger charge is -2.05. The van der Waals surface area contributed by atoms with Crippen LogP contribution in [0.1, 0.15) is 10.7 Å². The van der Waals surface area contributed by atoms with Crippen molar-refractivity contribution in [2.45, 2.75) is 12.2 Å². The maximum Gasteiger partial charge on any atom is 0.260 e. The first-order chi connectivity index (χ1) is 14.2. The number of aromatic amines is 1. The number of benzene rings is 1. The molecule has 0 unspecified atom stereocenters. The molecule has 0 saturated heterocycles. The second-order valence-electron chi connectivity index (χ2n) is 6.38. The van der Waals surface area contributed by atoms with E-state index in [-0.39, 0.29) is 11.5 Å². The van der Waals surface area contributed by atoms with Crippen molar-refractivity contribution in [1.29, 1.82) is 0 Å². The van der Waals surface area contributed by atoms with Gasteiger partial charge in [-0.05, 0) is 23.4 Å². The van der Waals surface area contributed by atoms with Crippen molar-refractivity contribution in [1.82, 2.24) is 15.3 Å². The van der Waals surface area contributed by atoms with Gasteiger partial charge in [0.1, 0.15) is 10.7 Å². The first-order valence-corrected chi connectivity index (χ1v) is 12.0. The molecule has 3 aromatic heterocycles. The summed E-state index contributed by atoms with van der Waals surface area (Å²) in [7, 11) is 0. The van der Waals surface area contributed by atoms with Gasteiger partial charge in [-0.25, -0.2) is 4.98 Å². The van der Waals surface area contributed by atoms with Crippen molar-refractivity contribution in [3.63, 3.8) is 0 Å². The number of thioether (sulfide) groups is 1. The standard InChI is InChI=1S/C21H19N3O2S3/c25-18(22-9-8-15-7-4-10-28-15)13-27-12-17-23-20(26)19-16(11-29-21(19)24-17)14-5-2-1-3-6-14/h1-7,10-11H,8-9,12-13H2,(H,22,25)(H,23,24,26). The lowest BCUT2D eigenvalue weighted by Crippen LogP contribution is -2.27. The first kappa shape index (κ1) is 19.9. The molecule has 0 bridgehead atoms. The number of thiophene rings is 2. The molecule has 148 valence electrons. The Hall–Kier alpha value is -2.42. The van der Waals surface area contributed by atoms with Crippen LogP contribution in [0.25, 0.3) is 21.3 Å². The fourth-order valence-corrected chi connectivity index (χ4v) is 5.36. The molecule has 3 heterocycles. The Labute approximate surface area is 180 Å². The van der Waals surface area contributed by atoms with Crippen molar-refractivity contribution >= 4 is 50.6 Å². The van der Waals surface area contributed by atoms with E-state index in [0.717, 1.165) is 22.4 Å². The quantitative estimate of drug-likeness (QED) is 0.427. The second kappa shape index (κ2) is 9.39. The average Bonchev–Trinajstić information content (AvgIpc) is 3.39. The summed E-state index contributed by atoms with van der Waals surface area (Å²) in [4.78, 5) is 34.1. The zero-order valence-electron chi connectivity index (χ0n) is 15.5. The van der Waals surface area contributed by atoms with Crippen LogP contribution in [0.15, 0.2) is 58.0 Å². The fraction of sp³-hybridized carbons (Fsp3) is 0.190. The molecular formula is C21H19N3O2S3. The van der Waals surface area contributed by atoms with Crippen LogP contribution in [-0.2, 0) is 17.0 Å². The highest BCUT2D eigenvalue weighted by Crippen LogP contribution is 2.30. The molecule has 0 aliphatic rings. The zero-order valence-corrected chi connectivity index (χ0v) is 18.0. The lowest BCUT2D eigenvalue weighted by atomic mass is 10.1. The van der Waals surface area contributed by atoms with E-state index >= 15 is 0 Å². The third-order valence-electron chi connectivity index (χ3n) is 4.32. The third-order valence-corrected chi connectivity index (χ3v) is 7.08. The van der Waals surface area contributed by atoms with Crippen LogP contribution in [0.3, 0.4) is 0 Å². The highest BCUT2D eigenvalue weighted by atomic mass is 32.2. The van der Waals surface area contributed by atoms with E-state index < -0.39 is 0 Å². The van der Waals surface area contributed by atoms with E-state index in [1.54, 1.807) is 11.3 Å². The van der Waals surface area contributed by atoms with Crippen LogP contribution in [0, 0.1) is 0 Å². The van der Waals surface area contributed by atoms with E-state index in [9.17, 15) is 9.59 Å². The Balaban J connectivity index is 1.34. The maximum atomic E-state index is 12.6. The maximum absolute atomic E-state index is 12.6. The minimum atomic E-state index is -0.133. The van der Waals surface area contributed by atoms with Crippen molar-refractivity contribution < 1.29 is 4.79 Å². The number of rotatable bonds is 8. The number of nitrogens with one attached hydrogen (secondary N) is 2. The van der Waals surface area contributed by atoms with Gasteiger partial charge in [0, 0.05) is 22.4 Å². The molecule has 8 heteroatoms. The number of hydrogen-bond acceptors (Lipinski definition) is 6. The molecule has 4 rings (SSSR count). The summed E-state index contributed by atoms with van der Waals surface area (Å²) in [5.74, 6) is 1.42. The molecule has 1 amide bonds. The van der Waals surface area contributed by atoms with Gasteiger partial charge in [-0.1, -0.05) is 36.4 Å². The van der Waals surface area contributed by atoms with E-state index in [1.165, 1.54) is 28.0 Å². The van der Waals surface area contributed by atoms with Gasteiger partial charge in [0.25, 0.3) is 5.56 Å². The molecule has 1 aromatic carbocycles. The summed E-state index contributed by atoms with van der Waals surface area (Å²) in [5.41, 5.74) is 1.78. The number of carbonyl (C=O) groups excluding carboxylic acids is 1. The van der Waals surface area contributed by atoms with Crippen molar-refractivity contribution in [3.8, 4) is 11.1 Å². The number of H-pyrrole nitrogens is 1. The highest BCUT2D eigenvalue weighted by Gasteiger charge is 2.13. The van der Waals surface area contributed by atoms with Crippen molar-refractivity contribution in [2.24, 2.45) is 0 Å². The summed E-state index contributed by atoms with van der Waals surface area (Å²) in [6, 6.07) is 13.9. The van der Waals surface area contributed by atoms with E-state index in [4.69, 9.17) is 0 Å². The molecule has 0 fully saturated rings. The molecule has 0 aliphatic carbocycles. The van der Waals surface area contributed by atoms with Gasteiger partial charge in [0.2, 0.25) is 5.91 Å². The number of nitrogens with zero attached hydrogens (tertiary/aromatic N) is 1. The summed E-state index contributed by atoms with van der Waals surface area (Å²) < 4.78 is 0. The second-order valence-corrected chi connectivity index (χ2v) is 9.26. The Bertz CT molecular complexity index is 1150. The predicted octanol–water partition coefficient (Wildman–Crippen LogP) is 4.31. The van der Waals surface area contributed by atoms with Gasteiger partial charge in [-0.15, -0.1) is 34.4 Å². The number of hydrogen-bond donors (Lipinski definition) is 2. The van der Waals surface area contributed by atoms with Gasteiger partial charge in [0.15, 0.2) is 0 Å². The molecular weight excluding hydrogens is 422 g/mol. The molecule has 0 saturated carbocycles. The SMILES string of the molecule is O=C(CSCc1nc2scc(-c3ccccc3)c2c(=O)[nH]1)NCCc1cccs1. The summed E-state index contributed by atoms with van der Waals surface area (Å²) >= 11 is 4.61. The molecule has 0 atom stereocenters. The highest BCUT2D eigenvalue weighted by molar-refractivity contribution is 7.99. The van der Waals surface area contributed by atoms with E-state index in [1.807, 2.05) is 47.2 Å². The summed E-state index contributed by atoms with van der Waals surface area (Å²) in [6.07, 6.45) is 0.849. The molecule has 0 radical (unpaired) electrons. The summed E-state index contributed by atoms with van der Waals surface area (Å²) in [5, 5.41) is 7.56. The van der Waals surface area contributed by atoms with Crippen LogP contribution in [0.4, 0.5) is 0 Å². The molecule has 4 aromatic rings. The Kier molecular flexibility index (Phi) is 6.43. The number of fused-ring (bicyclic) bond motifs is 1. The lowest BCUT2D eigenvalue weighted by molar-refractivity contribution is -0.118. The topological polar surface area (TPSA) is 74.8 Å². The smallest absolute Gasteiger partial charge is 0.260 e. The molecule has 29 heavy (non-hydrogen) atoms. The van der Waals surface area contributed by atoms with Crippen molar-refractivity contribution in [2.75, 3.05) is 12.3 Å². The van der Waals surface area contributed by atoms with Crippen LogP contribution in [0.2, 0.25) is 0 Å². The number of aromatic nitrogens is 2. The van der Waals surface area contributed by atoms with Crippen LogP contribution in [0.5, 0.6) is 0 Å². The number of amides is 1. The van der Waals surface area contributed by atoms with Crippen LogP contribution in [-0.4, -0.2) is 28.2 Å². The minimum absolute atomic E-state index is 0.00234. The largest absolute Gasteiger partial charge is 0.355 e. The van der Waals surface area contributed by atoms with E-state index in [0.29, 0.717) is 29.3 Å². The monoisotopic (exact) mass is 441 g/mol. The molecule has 0 spiro atoms. The normalized spacial score (nSPS) is 11.0. The van der Waals surface area contributed by atoms with Gasteiger partial charge in [0.05, 0.1) is 16.9 Å². The Morgan fingerprint density at radius 2 is 2.00 bits per heavy atom. The van der Waals surface area contributed by atoms with Gasteiger partial charge in [-0.2, -0.15) is 0 Å². The summed E-state index contributed by atoms with van der Waals surface area (Å²) in [6.45, 7) is 0.637. The molecule has 2 N–H and O–H groups in total. The van der Waals surface area contributed by atoms with Gasteiger partial charge >= 0.3 is 0 Å².